The Labute approximate surface area is 169 Å². The highest BCUT2D eigenvalue weighted by Gasteiger charge is 2.17. The number of benzene rings is 2. The summed E-state index contributed by atoms with van der Waals surface area (Å²) in [7, 11) is 0. The maximum absolute atomic E-state index is 9.59. The van der Waals surface area contributed by atoms with Crippen molar-refractivity contribution in [2.24, 2.45) is 0 Å². The molecule has 27 heavy (non-hydrogen) atoms. The maximum Gasteiger partial charge on any atom is 0.148 e. The van der Waals surface area contributed by atoms with Gasteiger partial charge in [-0.2, -0.15) is 0 Å². The van der Waals surface area contributed by atoms with E-state index in [0.29, 0.717) is 22.3 Å². The number of rotatable bonds is 8. The number of aromatic nitrogens is 2. The Balaban J connectivity index is 1.99. The Bertz CT molecular complexity index is 923. The Morgan fingerprint density at radius 2 is 1.93 bits per heavy atom. The van der Waals surface area contributed by atoms with Gasteiger partial charge in [-0.15, -0.1) is 0 Å². The lowest BCUT2D eigenvalue weighted by Crippen LogP contribution is -2.23. The SMILES string of the molecule is CCN(CC)c1cccc2nc(COc3ccc(Cl)cc3Cl)n(CCO)c12. The van der Waals surface area contributed by atoms with Crippen molar-refractivity contribution in [1.82, 2.24) is 9.55 Å². The zero-order valence-electron chi connectivity index (χ0n) is 15.5. The van der Waals surface area contributed by atoms with Crippen LogP contribution in [0.2, 0.25) is 10.0 Å². The van der Waals surface area contributed by atoms with Gasteiger partial charge in [-0.3, -0.25) is 0 Å². The van der Waals surface area contributed by atoms with Crippen molar-refractivity contribution in [3.8, 4) is 5.75 Å². The molecule has 3 aromatic rings. The summed E-state index contributed by atoms with van der Waals surface area (Å²) in [5.41, 5.74) is 3.00. The van der Waals surface area contributed by atoms with Crippen molar-refractivity contribution in [3.05, 3.63) is 52.3 Å². The summed E-state index contributed by atoms with van der Waals surface area (Å²) in [6.45, 7) is 6.75. The summed E-state index contributed by atoms with van der Waals surface area (Å²) in [6, 6.07) is 11.2. The van der Waals surface area contributed by atoms with Crippen LogP contribution in [-0.2, 0) is 13.2 Å². The van der Waals surface area contributed by atoms with Crippen LogP contribution in [0.25, 0.3) is 11.0 Å². The van der Waals surface area contributed by atoms with Crippen LogP contribution in [0.4, 0.5) is 5.69 Å². The van der Waals surface area contributed by atoms with Crippen LogP contribution in [0.15, 0.2) is 36.4 Å². The van der Waals surface area contributed by atoms with Crippen LogP contribution in [0, 0.1) is 0 Å². The predicted molar refractivity (Wildman–Crippen MR) is 111 cm³/mol. The summed E-state index contributed by atoms with van der Waals surface area (Å²) in [4.78, 5) is 7.01. The highest BCUT2D eigenvalue weighted by Crippen LogP contribution is 2.30. The maximum atomic E-state index is 9.59. The second-order valence-corrected chi connectivity index (χ2v) is 6.93. The molecule has 5 nitrogen and oxygen atoms in total. The number of ether oxygens (including phenoxy) is 1. The molecule has 0 bridgehead atoms. The molecule has 144 valence electrons. The number of hydrogen-bond acceptors (Lipinski definition) is 4. The van der Waals surface area contributed by atoms with Gasteiger partial charge in [-0.1, -0.05) is 29.3 Å². The molecule has 0 unspecified atom stereocenters. The molecule has 7 heteroatoms. The first kappa shape index (κ1) is 19.8. The molecular formula is C20H23Cl2N3O2. The fourth-order valence-corrected chi connectivity index (χ4v) is 3.68. The van der Waals surface area contributed by atoms with E-state index in [1.807, 2.05) is 16.7 Å². The smallest absolute Gasteiger partial charge is 0.148 e. The van der Waals surface area contributed by atoms with E-state index in [1.54, 1.807) is 18.2 Å². The quantitative estimate of drug-likeness (QED) is 0.584. The predicted octanol–water partition coefficient (Wildman–Crippen LogP) is 4.76. The van der Waals surface area contributed by atoms with E-state index in [9.17, 15) is 5.11 Å². The van der Waals surface area contributed by atoms with Gasteiger partial charge in [-0.05, 0) is 44.2 Å². The van der Waals surface area contributed by atoms with E-state index >= 15 is 0 Å². The Kier molecular flexibility index (Phi) is 6.47. The number of imidazole rings is 1. The second kappa shape index (κ2) is 8.83. The van der Waals surface area contributed by atoms with Crippen molar-refractivity contribution in [2.75, 3.05) is 24.6 Å². The van der Waals surface area contributed by atoms with Crippen LogP contribution in [0.5, 0.6) is 5.75 Å². The van der Waals surface area contributed by atoms with Crippen LogP contribution < -0.4 is 9.64 Å². The van der Waals surface area contributed by atoms with Gasteiger partial charge in [0, 0.05) is 24.7 Å². The standard InChI is InChI=1S/C20H23Cl2N3O2/c1-3-24(4-2)17-7-5-6-16-20(17)25(10-11-26)19(23-16)13-27-18-9-8-14(21)12-15(18)22/h5-9,12,26H,3-4,10-11,13H2,1-2H3. The summed E-state index contributed by atoms with van der Waals surface area (Å²) in [5.74, 6) is 1.29. The van der Waals surface area contributed by atoms with Crippen molar-refractivity contribution < 1.29 is 9.84 Å². The number of aliphatic hydroxyl groups is 1. The molecule has 0 radical (unpaired) electrons. The average Bonchev–Trinajstić information content (AvgIpc) is 3.01. The van der Waals surface area contributed by atoms with E-state index in [-0.39, 0.29) is 13.2 Å². The van der Waals surface area contributed by atoms with Gasteiger partial charge in [0.25, 0.3) is 0 Å². The number of fused-ring (bicyclic) bond motifs is 1. The third-order valence-corrected chi connectivity index (χ3v) is 5.03. The topological polar surface area (TPSA) is 50.5 Å². The minimum absolute atomic E-state index is 0.0206. The van der Waals surface area contributed by atoms with Crippen LogP contribution in [0.1, 0.15) is 19.7 Å². The molecule has 1 heterocycles. The normalized spacial score (nSPS) is 11.1. The second-order valence-electron chi connectivity index (χ2n) is 6.08. The first-order chi connectivity index (χ1) is 13.1. The van der Waals surface area contributed by atoms with Gasteiger partial charge in [0.2, 0.25) is 0 Å². The summed E-state index contributed by atoms with van der Waals surface area (Å²) in [5, 5.41) is 10.6. The fraction of sp³-hybridized carbons (Fsp3) is 0.350. The average molecular weight is 408 g/mol. The van der Waals surface area contributed by atoms with Gasteiger partial charge < -0.3 is 19.3 Å². The van der Waals surface area contributed by atoms with Crippen molar-refractivity contribution in [3.63, 3.8) is 0 Å². The van der Waals surface area contributed by atoms with E-state index in [4.69, 9.17) is 32.9 Å². The van der Waals surface area contributed by atoms with Gasteiger partial charge >= 0.3 is 0 Å². The molecule has 2 aromatic carbocycles. The van der Waals surface area contributed by atoms with Crippen LogP contribution in [0.3, 0.4) is 0 Å². The highest BCUT2D eigenvalue weighted by molar-refractivity contribution is 6.35. The molecule has 0 spiro atoms. The third-order valence-electron chi connectivity index (χ3n) is 4.50. The number of halogens is 2. The first-order valence-electron chi connectivity index (χ1n) is 9.00. The molecule has 0 saturated heterocycles. The monoisotopic (exact) mass is 407 g/mol. The van der Waals surface area contributed by atoms with Crippen molar-refractivity contribution in [1.29, 1.82) is 0 Å². The van der Waals surface area contributed by atoms with E-state index in [0.717, 1.165) is 35.6 Å². The number of anilines is 1. The molecule has 3 rings (SSSR count). The van der Waals surface area contributed by atoms with Gasteiger partial charge in [0.05, 0.1) is 28.4 Å². The molecule has 0 aliphatic heterocycles. The van der Waals surface area contributed by atoms with E-state index < -0.39 is 0 Å². The lowest BCUT2D eigenvalue weighted by molar-refractivity contribution is 0.260. The zero-order valence-corrected chi connectivity index (χ0v) is 17.0. The van der Waals surface area contributed by atoms with Gasteiger partial charge in [-0.25, -0.2) is 4.98 Å². The molecule has 1 N–H and O–H groups in total. The Morgan fingerprint density at radius 3 is 2.59 bits per heavy atom. The zero-order chi connectivity index (χ0) is 19.4. The minimum Gasteiger partial charge on any atom is -0.484 e. The molecule has 0 fully saturated rings. The molecule has 0 amide bonds. The van der Waals surface area contributed by atoms with Crippen molar-refractivity contribution >= 4 is 39.9 Å². The number of hydrogen-bond donors (Lipinski definition) is 1. The number of nitrogens with zero attached hydrogens (tertiary/aromatic N) is 3. The van der Waals surface area contributed by atoms with Crippen LogP contribution in [-0.4, -0.2) is 34.4 Å². The highest BCUT2D eigenvalue weighted by atomic mass is 35.5. The molecule has 0 aliphatic rings. The minimum atomic E-state index is 0.0206. The molecule has 0 saturated carbocycles. The molecular weight excluding hydrogens is 385 g/mol. The van der Waals surface area contributed by atoms with Gasteiger partial charge in [0.1, 0.15) is 18.2 Å². The summed E-state index contributed by atoms with van der Waals surface area (Å²) >= 11 is 12.1. The number of para-hydroxylation sites is 1. The van der Waals surface area contributed by atoms with Crippen LogP contribution >= 0.6 is 23.2 Å². The van der Waals surface area contributed by atoms with Gasteiger partial charge in [0.15, 0.2) is 0 Å². The molecule has 1 aromatic heterocycles. The largest absolute Gasteiger partial charge is 0.484 e. The Hall–Kier alpha value is -1.95. The van der Waals surface area contributed by atoms with E-state index in [2.05, 4.69) is 24.8 Å². The lowest BCUT2D eigenvalue weighted by Gasteiger charge is -2.23. The van der Waals surface area contributed by atoms with E-state index in [1.165, 1.54) is 0 Å². The molecule has 0 aliphatic carbocycles. The molecule has 0 atom stereocenters. The summed E-state index contributed by atoms with van der Waals surface area (Å²) < 4.78 is 7.90. The number of aliphatic hydroxyl groups excluding tert-OH is 1. The first-order valence-corrected chi connectivity index (χ1v) is 9.76. The lowest BCUT2D eigenvalue weighted by atomic mass is 10.2. The fourth-order valence-electron chi connectivity index (χ4n) is 3.22. The summed E-state index contributed by atoms with van der Waals surface area (Å²) in [6.07, 6.45) is 0. The van der Waals surface area contributed by atoms with Crippen molar-refractivity contribution in [2.45, 2.75) is 27.0 Å². The third kappa shape index (κ3) is 4.15. The Morgan fingerprint density at radius 1 is 1.15 bits per heavy atom.